The minimum Gasteiger partial charge on any atom is -0.370 e. The van der Waals surface area contributed by atoms with E-state index in [0.29, 0.717) is 18.3 Å². The summed E-state index contributed by atoms with van der Waals surface area (Å²) in [6.07, 6.45) is 6.26. The zero-order valence-corrected chi connectivity index (χ0v) is 14.5. The number of hydrogen-bond donors (Lipinski definition) is 1. The summed E-state index contributed by atoms with van der Waals surface area (Å²) in [5.41, 5.74) is 8.03. The molecule has 23 heavy (non-hydrogen) atoms. The number of nitrogens with zero attached hydrogens (tertiary/aromatic N) is 1. The van der Waals surface area contributed by atoms with Crippen LogP contribution in [0.4, 0.5) is 0 Å². The van der Waals surface area contributed by atoms with Gasteiger partial charge in [-0.15, -0.1) is 0 Å². The molecule has 1 aliphatic rings. The van der Waals surface area contributed by atoms with Crippen LogP contribution in [0.25, 0.3) is 5.57 Å². The lowest BCUT2D eigenvalue weighted by Gasteiger charge is -2.33. The van der Waals surface area contributed by atoms with Crippen LogP contribution in [0.5, 0.6) is 0 Å². The van der Waals surface area contributed by atoms with Crippen molar-refractivity contribution in [3.63, 3.8) is 0 Å². The van der Waals surface area contributed by atoms with E-state index in [9.17, 15) is 4.79 Å². The van der Waals surface area contributed by atoms with Gasteiger partial charge in [0.15, 0.2) is 0 Å². The van der Waals surface area contributed by atoms with E-state index in [1.807, 2.05) is 0 Å². The van der Waals surface area contributed by atoms with Crippen LogP contribution in [0, 0.1) is 11.8 Å². The Morgan fingerprint density at radius 1 is 1.35 bits per heavy atom. The highest BCUT2D eigenvalue weighted by atomic mass is 16.1. The van der Waals surface area contributed by atoms with Crippen LogP contribution >= 0.6 is 0 Å². The number of nitrogens with two attached hydrogens (primary N) is 1. The van der Waals surface area contributed by atoms with Gasteiger partial charge in [-0.25, -0.2) is 0 Å². The van der Waals surface area contributed by atoms with E-state index in [1.165, 1.54) is 24.0 Å². The summed E-state index contributed by atoms with van der Waals surface area (Å²) in [5.74, 6) is 0.972. The average Bonchev–Trinajstić information content (AvgIpc) is 2.53. The molecule has 1 heterocycles. The Balaban J connectivity index is 2.00. The number of rotatable bonds is 7. The number of benzene rings is 1. The second-order valence-corrected chi connectivity index (χ2v) is 7.05. The summed E-state index contributed by atoms with van der Waals surface area (Å²) >= 11 is 0. The number of piperidine rings is 1. The Bertz CT molecular complexity index is 522. The molecule has 1 aliphatic heterocycles. The minimum absolute atomic E-state index is 0.174. The fourth-order valence-electron chi connectivity index (χ4n) is 3.41. The summed E-state index contributed by atoms with van der Waals surface area (Å²) in [4.78, 5) is 13.5. The molecule has 0 spiro atoms. The smallest absolute Gasteiger partial charge is 0.217 e. The molecule has 0 radical (unpaired) electrons. The van der Waals surface area contributed by atoms with Crippen molar-refractivity contribution in [3.05, 3.63) is 42.0 Å². The Morgan fingerprint density at radius 3 is 2.74 bits per heavy atom. The highest BCUT2D eigenvalue weighted by Crippen LogP contribution is 2.24. The lowest BCUT2D eigenvalue weighted by atomic mass is 9.92. The predicted octanol–water partition coefficient (Wildman–Crippen LogP) is 3.70. The highest BCUT2D eigenvalue weighted by molar-refractivity contribution is 5.73. The maximum atomic E-state index is 11.0. The first-order valence-corrected chi connectivity index (χ1v) is 8.81. The molecule has 1 amide bonds. The van der Waals surface area contributed by atoms with Crippen molar-refractivity contribution >= 4 is 11.5 Å². The fraction of sp³-hybridized carbons (Fsp3) is 0.550. The molecule has 0 aromatic heterocycles. The van der Waals surface area contributed by atoms with Crippen LogP contribution in [0.2, 0.25) is 0 Å². The summed E-state index contributed by atoms with van der Waals surface area (Å²) in [5, 5.41) is 0. The van der Waals surface area contributed by atoms with Crippen molar-refractivity contribution in [2.75, 3.05) is 19.6 Å². The van der Waals surface area contributed by atoms with Gasteiger partial charge in [-0.1, -0.05) is 50.3 Å². The standard InChI is InChI=1S/C20H30N2O/c1-16(2)13-19(18-8-4-3-5-9-18)15-22-12-6-7-17(14-22)10-11-20(21)23/h3-5,8-9,13,16-17H,6-7,10-12,14-15H2,1-2H3,(H2,21,23). The third-order valence-electron chi connectivity index (χ3n) is 4.48. The lowest BCUT2D eigenvalue weighted by Crippen LogP contribution is -2.36. The van der Waals surface area contributed by atoms with Crippen LogP contribution < -0.4 is 5.73 Å². The van der Waals surface area contributed by atoms with Crippen molar-refractivity contribution in [2.24, 2.45) is 17.6 Å². The predicted molar refractivity (Wildman–Crippen MR) is 96.8 cm³/mol. The van der Waals surface area contributed by atoms with Gasteiger partial charge in [-0.05, 0) is 48.8 Å². The van der Waals surface area contributed by atoms with Crippen LogP contribution in [-0.4, -0.2) is 30.4 Å². The number of hydrogen-bond acceptors (Lipinski definition) is 2. The quantitative estimate of drug-likeness (QED) is 0.834. The highest BCUT2D eigenvalue weighted by Gasteiger charge is 2.21. The molecule has 2 N–H and O–H groups in total. The van der Waals surface area contributed by atoms with E-state index in [1.54, 1.807) is 0 Å². The topological polar surface area (TPSA) is 46.3 Å². The Morgan fingerprint density at radius 2 is 2.09 bits per heavy atom. The van der Waals surface area contributed by atoms with Gasteiger partial charge >= 0.3 is 0 Å². The average molecular weight is 314 g/mol. The Labute approximate surface area is 140 Å². The van der Waals surface area contributed by atoms with Gasteiger partial charge < -0.3 is 5.73 Å². The molecule has 1 saturated heterocycles. The van der Waals surface area contributed by atoms with Crippen molar-refractivity contribution in [1.82, 2.24) is 4.90 Å². The number of carbonyl (C=O) groups excluding carboxylic acids is 1. The van der Waals surface area contributed by atoms with E-state index < -0.39 is 0 Å². The zero-order chi connectivity index (χ0) is 16.7. The molecule has 1 aromatic rings. The first kappa shape index (κ1) is 17.7. The molecule has 1 unspecified atom stereocenters. The molecule has 1 atom stereocenters. The molecule has 3 heteroatoms. The number of amides is 1. The molecule has 3 nitrogen and oxygen atoms in total. The second kappa shape index (κ2) is 8.88. The van der Waals surface area contributed by atoms with Gasteiger partial charge in [0.1, 0.15) is 0 Å². The second-order valence-electron chi connectivity index (χ2n) is 7.05. The summed E-state index contributed by atoms with van der Waals surface area (Å²) in [6.45, 7) is 7.68. The minimum atomic E-state index is -0.174. The van der Waals surface area contributed by atoms with E-state index in [0.717, 1.165) is 26.1 Å². The van der Waals surface area contributed by atoms with Gasteiger partial charge in [0, 0.05) is 19.5 Å². The molecule has 0 saturated carbocycles. The molecular formula is C20H30N2O. The molecule has 1 fully saturated rings. The number of primary amides is 1. The van der Waals surface area contributed by atoms with Crippen LogP contribution in [-0.2, 0) is 4.79 Å². The van der Waals surface area contributed by atoms with E-state index in [4.69, 9.17) is 5.73 Å². The van der Waals surface area contributed by atoms with Gasteiger partial charge in [0.05, 0.1) is 0 Å². The van der Waals surface area contributed by atoms with E-state index in [-0.39, 0.29) is 5.91 Å². The maximum Gasteiger partial charge on any atom is 0.217 e. The van der Waals surface area contributed by atoms with E-state index in [2.05, 4.69) is 55.2 Å². The number of allylic oxidation sites excluding steroid dienone is 1. The van der Waals surface area contributed by atoms with Crippen LogP contribution in [0.3, 0.4) is 0 Å². The Kier molecular flexibility index (Phi) is 6.85. The SMILES string of the molecule is CC(C)C=C(CN1CCCC(CCC(N)=O)C1)c1ccccc1. The number of likely N-dealkylation sites (tertiary alicyclic amines) is 1. The normalized spacial score (nSPS) is 20.0. The van der Waals surface area contributed by atoms with Gasteiger partial charge in [-0.3, -0.25) is 9.69 Å². The summed E-state index contributed by atoms with van der Waals surface area (Å²) in [6, 6.07) is 10.7. The van der Waals surface area contributed by atoms with Crippen molar-refractivity contribution < 1.29 is 4.79 Å². The van der Waals surface area contributed by atoms with Crippen LogP contribution in [0.15, 0.2) is 36.4 Å². The van der Waals surface area contributed by atoms with Crippen molar-refractivity contribution in [1.29, 1.82) is 0 Å². The molecular weight excluding hydrogens is 284 g/mol. The van der Waals surface area contributed by atoms with Gasteiger partial charge in [0.25, 0.3) is 0 Å². The molecule has 126 valence electrons. The first-order valence-electron chi connectivity index (χ1n) is 8.81. The Hall–Kier alpha value is -1.61. The van der Waals surface area contributed by atoms with Crippen LogP contribution in [0.1, 0.15) is 45.1 Å². The van der Waals surface area contributed by atoms with Gasteiger partial charge in [-0.2, -0.15) is 0 Å². The summed E-state index contributed by atoms with van der Waals surface area (Å²) < 4.78 is 0. The molecule has 2 rings (SSSR count). The zero-order valence-electron chi connectivity index (χ0n) is 14.5. The third kappa shape index (κ3) is 6.19. The summed E-state index contributed by atoms with van der Waals surface area (Å²) in [7, 11) is 0. The fourth-order valence-corrected chi connectivity index (χ4v) is 3.41. The largest absolute Gasteiger partial charge is 0.370 e. The number of carbonyl (C=O) groups is 1. The third-order valence-corrected chi connectivity index (χ3v) is 4.48. The van der Waals surface area contributed by atoms with E-state index >= 15 is 0 Å². The lowest BCUT2D eigenvalue weighted by molar-refractivity contribution is -0.118. The molecule has 0 aliphatic carbocycles. The molecule has 0 bridgehead atoms. The van der Waals surface area contributed by atoms with Crippen molar-refractivity contribution in [3.8, 4) is 0 Å². The van der Waals surface area contributed by atoms with Gasteiger partial charge in [0.2, 0.25) is 5.91 Å². The first-order chi connectivity index (χ1) is 11.0. The maximum absolute atomic E-state index is 11.0. The molecule has 1 aromatic carbocycles. The van der Waals surface area contributed by atoms with Crippen molar-refractivity contribution in [2.45, 2.75) is 39.5 Å². The monoisotopic (exact) mass is 314 g/mol.